The number of amides is 2. The molecule has 0 spiro atoms. The molecule has 0 aliphatic heterocycles. The Labute approximate surface area is 254 Å². The van der Waals surface area contributed by atoms with Crippen LogP contribution in [0, 0.1) is 0 Å². The summed E-state index contributed by atoms with van der Waals surface area (Å²) in [4.78, 5) is 28.7. The molecule has 4 rings (SSSR count). The average molecular weight is 600 g/mol. The number of likely N-dealkylation sites (N-methyl/N-ethyl adjacent to an activating group) is 1. The standard InChI is InChI=1S/C34H37N3O5S/c1-3-32(34(39)35-4-2)36(25-24-27-14-8-5-9-15-27)33(38)26-37(43(40,41)31-18-12-7-13-19-31)28-20-22-30(23-21-28)42-29-16-10-6-11-17-29/h5-23,32H,3-4,24-26H2,1-2H3,(H,35,39)/t32-/m0/s1. The molecule has 224 valence electrons. The van der Waals surface area contributed by atoms with E-state index in [0.717, 1.165) is 9.87 Å². The highest BCUT2D eigenvalue weighted by molar-refractivity contribution is 7.92. The lowest BCUT2D eigenvalue weighted by molar-refractivity contribution is -0.139. The monoisotopic (exact) mass is 599 g/mol. The topological polar surface area (TPSA) is 96.0 Å². The van der Waals surface area contributed by atoms with Crippen molar-refractivity contribution in [2.24, 2.45) is 0 Å². The first kappa shape index (κ1) is 31.3. The van der Waals surface area contributed by atoms with Crippen LogP contribution in [0.3, 0.4) is 0 Å². The highest BCUT2D eigenvalue weighted by Crippen LogP contribution is 2.28. The van der Waals surface area contributed by atoms with Crippen LogP contribution in [0.1, 0.15) is 25.8 Å². The number of ether oxygens (including phenoxy) is 1. The molecular formula is C34H37N3O5S. The predicted octanol–water partition coefficient (Wildman–Crippen LogP) is 5.66. The Morgan fingerprint density at radius 2 is 1.33 bits per heavy atom. The van der Waals surface area contributed by atoms with Gasteiger partial charge in [0.2, 0.25) is 11.8 Å². The van der Waals surface area contributed by atoms with Crippen molar-refractivity contribution in [1.82, 2.24) is 10.2 Å². The predicted molar refractivity (Wildman–Crippen MR) is 169 cm³/mol. The Hall–Kier alpha value is -4.63. The van der Waals surface area contributed by atoms with Gasteiger partial charge in [-0.3, -0.25) is 13.9 Å². The summed E-state index contributed by atoms with van der Waals surface area (Å²) >= 11 is 0. The van der Waals surface area contributed by atoms with Crippen molar-refractivity contribution in [2.45, 2.75) is 37.6 Å². The SMILES string of the molecule is CCNC(=O)[C@H](CC)N(CCc1ccccc1)C(=O)CN(c1ccc(Oc2ccccc2)cc1)S(=O)(=O)c1ccccc1. The molecule has 4 aromatic carbocycles. The van der Waals surface area contributed by atoms with Crippen LogP contribution >= 0.6 is 0 Å². The normalized spacial score (nSPS) is 11.8. The van der Waals surface area contributed by atoms with Crippen molar-refractivity contribution in [3.05, 3.63) is 121 Å². The van der Waals surface area contributed by atoms with E-state index in [0.29, 0.717) is 36.6 Å². The van der Waals surface area contributed by atoms with E-state index >= 15 is 0 Å². The summed E-state index contributed by atoms with van der Waals surface area (Å²) in [6.07, 6.45) is 0.892. The molecule has 0 fully saturated rings. The van der Waals surface area contributed by atoms with Crippen LogP contribution in [0.25, 0.3) is 0 Å². The lowest BCUT2D eigenvalue weighted by Gasteiger charge is -2.33. The van der Waals surface area contributed by atoms with Gasteiger partial charge in [-0.2, -0.15) is 0 Å². The summed E-state index contributed by atoms with van der Waals surface area (Å²) in [5.41, 5.74) is 1.31. The summed E-state index contributed by atoms with van der Waals surface area (Å²) in [6.45, 7) is 3.84. The zero-order chi connectivity index (χ0) is 30.7. The second-order valence-electron chi connectivity index (χ2n) is 9.88. The van der Waals surface area contributed by atoms with Crippen LogP contribution in [0.2, 0.25) is 0 Å². The van der Waals surface area contributed by atoms with Gasteiger partial charge in [-0.05, 0) is 73.9 Å². The van der Waals surface area contributed by atoms with E-state index in [-0.39, 0.29) is 17.3 Å². The molecule has 0 aliphatic rings. The minimum atomic E-state index is -4.14. The maximum Gasteiger partial charge on any atom is 0.264 e. The smallest absolute Gasteiger partial charge is 0.264 e. The minimum absolute atomic E-state index is 0.0546. The van der Waals surface area contributed by atoms with E-state index in [4.69, 9.17) is 4.74 Å². The quantitative estimate of drug-likeness (QED) is 0.202. The lowest BCUT2D eigenvalue weighted by atomic mass is 10.1. The number of carbonyl (C=O) groups excluding carboxylic acids is 2. The Balaban J connectivity index is 1.67. The van der Waals surface area contributed by atoms with Crippen LogP contribution in [-0.4, -0.2) is 50.8 Å². The van der Waals surface area contributed by atoms with E-state index in [1.807, 2.05) is 74.5 Å². The molecule has 0 heterocycles. The molecule has 0 saturated heterocycles. The van der Waals surface area contributed by atoms with Gasteiger partial charge in [-0.15, -0.1) is 0 Å². The molecule has 4 aromatic rings. The molecule has 9 heteroatoms. The van der Waals surface area contributed by atoms with Gasteiger partial charge in [-0.25, -0.2) is 8.42 Å². The second kappa shape index (κ2) is 15.0. The number of hydrogen-bond acceptors (Lipinski definition) is 5. The molecule has 43 heavy (non-hydrogen) atoms. The number of rotatable bonds is 14. The van der Waals surface area contributed by atoms with E-state index in [1.165, 1.54) is 17.0 Å². The molecule has 0 bridgehead atoms. The Kier molecular flexibility index (Phi) is 10.9. The second-order valence-corrected chi connectivity index (χ2v) is 11.7. The first-order valence-electron chi connectivity index (χ1n) is 14.3. The maximum absolute atomic E-state index is 14.1. The van der Waals surface area contributed by atoms with Crippen LogP contribution in [0.5, 0.6) is 11.5 Å². The van der Waals surface area contributed by atoms with E-state index in [2.05, 4.69) is 5.32 Å². The number of para-hydroxylation sites is 1. The van der Waals surface area contributed by atoms with Gasteiger partial charge in [0.15, 0.2) is 0 Å². The van der Waals surface area contributed by atoms with E-state index in [1.54, 1.807) is 42.5 Å². The van der Waals surface area contributed by atoms with Gasteiger partial charge in [-0.1, -0.05) is 73.7 Å². The number of nitrogens with one attached hydrogen (secondary N) is 1. The van der Waals surface area contributed by atoms with E-state index < -0.39 is 28.5 Å². The van der Waals surface area contributed by atoms with Crippen molar-refractivity contribution in [3.8, 4) is 11.5 Å². The molecule has 0 aromatic heterocycles. The molecule has 1 atom stereocenters. The van der Waals surface area contributed by atoms with Crippen LogP contribution < -0.4 is 14.4 Å². The third kappa shape index (κ3) is 8.23. The fraction of sp³-hybridized carbons (Fsp3) is 0.235. The number of hydrogen-bond donors (Lipinski definition) is 1. The Morgan fingerprint density at radius 3 is 1.91 bits per heavy atom. The summed E-state index contributed by atoms with van der Waals surface area (Å²) in [5, 5.41) is 2.82. The molecule has 0 saturated carbocycles. The Bertz CT molecular complexity index is 1570. The minimum Gasteiger partial charge on any atom is -0.457 e. The number of carbonyl (C=O) groups is 2. The number of benzene rings is 4. The fourth-order valence-corrected chi connectivity index (χ4v) is 6.18. The first-order valence-corrected chi connectivity index (χ1v) is 15.8. The molecule has 0 aliphatic carbocycles. The molecule has 1 N–H and O–H groups in total. The summed E-state index contributed by atoms with van der Waals surface area (Å²) in [5.74, 6) is 0.416. The van der Waals surface area contributed by atoms with Gasteiger partial charge in [0.1, 0.15) is 24.1 Å². The largest absolute Gasteiger partial charge is 0.457 e. The average Bonchev–Trinajstić information content (AvgIpc) is 3.03. The van der Waals surface area contributed by atoms with Crippen molar-refractivity contribution in [3.63, 3.8) is 0 Å². The van der Waals surface area contributed by atoms with Gasteiger partial charge < -0.3 is 15.0 Å². The summed E-state index contributed by atoms with van der Waals surface area (Å²) in [6, 6.07) is 32.7. The van der Waals surface area contributed by atoms with Gasteiger partial charge >= 0.3 is 0 Å². The highest BCUT2D eigenvalue weighted by atomic mass is 32.2. The van der Waals surface area contributed by atoms with Crippen molar-refractivity contribution in [1.29, 1.82) is 0 Å². The van der Waals surface area contributed by atoms with Crippen molar-refractivity contribution < 1.29 is 22.7 Å². The zero-order valence-electron chi connectivity index (χ0n) is 24.4. The van der Waals surface area contributed by atoms with E-state index in [9.17, 15) is 18.0 Å². The van der Waals surface area contributed by atoms with Gasteiger partial charge in [0.05, 0.1) is 10.6 Å². The van der Waals surface area contributed by atoms with Gasteiger partial charge in [0.25, 0.3) is 10.0 Å². The van der Waals surface area contributed by atoms with Crippen LogP contribution in [-0.2, 0) is 26.0 Å². The van der Waals surface area contributed by atoms with Crippen LogP contribution in [0.15, 0.2) is 120 Å². The van der Waals surface area contributed by atoms with Crippen LogP contribution in [0.4, 0.5) is 5.69 Å². The summed E-state index contributed by atoms with van der Waals surface area (Å²) < 4.78 is 34.9. The molecule has 0 radical (unpaired) electrons. The summed E-state index contributed by atoms with van der Waals surface area (Å²) in [7, 11) is -4.14. The van der Waals surface area contributed by atoms with Crippen molar-refractivity contribution >= 4 is 27.5 Å². The lowest BCUT2D eigenvalue weighted by Crippen LogP contribution is -2.53. The number of anilines is 1. The molecule has 0 unspecified atom stereocenters. The number of nitrogens with zero attached hydrogens (tertiary/aromatic N) is 2. The fourth-order valence-electron chi connectivity index (χ4n) is 4.74. The molecule has 2 amide bonds. The third-order valence-electron chi connectivity index (χ3n) is 6.93. The zero-order valence-corrected chi connectivity index (χ0v) is 25.2. The highest BCUT2D eigenvalue weighted by Gasteiger charge is 2.33. The number of sulfonamides is 1. The molecule has 8 nitrogen and oxygen atoms in total. The Morgan fingerprint density at radius 1 is 0.767 bits per heavy atom. The maximum atomic E-state index is 14.1. The first-order chi connectivity index (χ1) is 20.8. The van der Waals surface area contributed by atoms with Gasteiger partial charge in [0, 0.05) is 13.1 Å². The third-order valence-corrected chi connectivity index (χ3v) is 8.72. The molecular weight excluding hydrogens is 562 g/mol. The van der Waals surface area contributed by atoms with Crippen molar-refractivity contribution in [2.75, 3.05) is 23.9 Å².